The van der Waals surface area contributed by atoms with Crippen molar-refractivity contribution in [2.24, 2.45) is 44.8 Å². The van der Waals surface area contributed by atoms with E-state index in [4.69, 9.17) is 9.47 Å². The maximum Gasteiger partial charge on any atom is 0.186 e. The molecule has 0 bridgehead atoms. The summed E-state index contributed by atoms with van der Waals surface area (Å²) in [5.74, 6) is -0.455. The van der Waals surface area contributed by atoms with Crippen LogP contribution in [0.3, 0.4) is 0 Å². The Balaban J connectivity index is 1.23. The van der Waals surface area contributed by atoms with Gasteiger partial charge in [-0.2, -0.15) is 0 Å². The Bertz CT molecular complexity index is 1190. The Kier molecular flexibility index (Phi) is 5.92. The van der Waals surface area contributed by atoms with E-state index in [1.54, 1.807) is 0 Å². The summed E-state index contributed by atoms with van der Waals surface area (Å²) in [4.78, 5) is 12.7. The van der Waals surface area contributed by atoms with Gasteiger partial charge in [0, 0.05) is 11.8 Å². The molecule has 1 heterocycles. The minimum atomic E-state index is -1.51. The number of ketones is 1. The summed E-state index contributed by atoms with van der Waals surface area (Å²) >= 11 is 0. The van der Waals surface area contributed by atoms with Crippen molar-refractivity contribution in [3.05, 3.63) is 11.6 Å². The van der Waals surface area contributed by atoms with E-state index in [1.165, 1.54) is 5.57 Å². The van der Waals surface area contributed by atoms with E-state index in [2.05, 4.69) is 33.8 Å². The van der Waals surface area contributed by atoms with Gasteiger partial charge in [0.25, 0.3) is 0 Å². The van der Waals surface area contributed by atoms with E-state index in [1.807, 2.05) is 6.92 Å². The summed E-state index contributed by atoms with van der Waals surface area (Å²) < 4.78 is 11.9. The molecule has 0 aromatic heterocycles. The van der Waals surface area contributed by atoms with Crippen LogP contribution in [0.4, 0.5) is 0 Å². The minimum absolute atomic E-state index is 0.0856. The molecular formula is C32H48O9. The van der Waals surface area contributed by atoms with Crippen LogP contribution in [0.2, 0.25) is 0 Å². The molecule has 0 unspecified atom stereocenters. The minimum Gasteiger partial charge on any atom is -0.392 e. The average molecular weight is 577 g/mol. The van der Waals surface area contributed by atoms with Gasteiger partial charge in [-0.3, -0.25) is 4.79 Å². The largest absolute Gasteiger partial charge is 0.392 e. The smallest absolute Gasteiger partial charge is 0.186 e. The van der Waals surface area contributed by atoms with Crippen LogP contribution in [0.25, 0.3) is 0 Å². The summed E-state index contributed by atoms with van der Waals surface area (Å²) in [5, 5.41) is 65.8. The number of fused-ring (bicyclic) bond motifs is 4. The molecule has 6 N–H and O–H groups in total. The van der Waals surface area contributed by atoms with Crippen LogP contribution in [-0.4, -0.2) is 91.5 Å². The number of hydrogen-bond acceptors (Lipinski definition) is 9. The molecule has 41 heavy (non-hydrogen) atoms. The molecule has 0 aromatic carbocycles. The van der Waals surface area contributed by atoms with Crippen LogP contribution >= 0.6 is 0 Å². The maximum atomic E-state index is 12.7. The molecule has 0 amide bonds. The van der Waals surface area contributed by atoms with Gasteiger partial charge in [-0.15, -0.1) is 0 Å². The second-order valence-electron chi connectivity index (χ2n) is 16.1. The second-order valence-corrected chi connectivity index (χ2v) is 16.1. The highest BCUT2D eigenvalue weighted by molar-refractivity contribution is 5.86. The zero-order valence-corrected chi connectivity index (χ0v) is 24.9. The van der Waals surface area contributed by atoms with Gasteiger partial charge in [0.2, 0.25) is 0 Å². The molecule has 1 saturated heterocycles. The van der Waals surface area contributed by atoms with E-state index in [-0.39, 0.29) is 53.5 Å². The fraction of sp³-hybridized carbons (Fsp3) is 0.906. The first-order valence-corrected chi connectivity index (χ1v) is 15.6. The van der Waals surface area contributed by atoms with Crippen molar-refractivity contribution < 1.29 is 44.9 Å². The molecule has 7 aliphatic rings. The number of carbonyl (C=O) groups is 1. The van der Waals surface area contributed by atoms with Crippen molar-refractivity contribution in [2.45, 2.75) is 128 Å². The zero-order valence-electron chi connectivity index (χ0n) is 24.9. The Morgan fingerprint density at radius 3 is 2.44 bits per heavy atom. The molecule has 0 radical (unpaired) electrons. The van der Waals surface area contributed by atoms with Crippen molar-refractivity contribution >= 4 is 5.78 Å². The highest BCUT2D eigenvalue weighted by Crippen LogP contribution is 2.88. The quantitative estimate of drug-likeness (QED) is 0.268. The van der Waals surface area contributed by atoms with Crippen molar-refractivity contribution in [3.8, 4) is 0 Å². The van der Waals surface area contributed by atoms with Crippen molar-refractivity contribution in [3.63, 3.8) is 0 Å². The van der Waals surface area contributed by atoms with Gasteiger partial charge >= 0.3 is 0 Å². The lowest BCUT2D eigenvalue weighted by molar-refractivity contribution is -0.301. The molecule has 2 spiro atoms. The molecule has 7 rings (SSSR count). The Labute approximate surface area is 241 Å². The SMILES string of the molecule is C[C@@H]1CC(=O)[C@H](O)[C@@]2(O)C[C@@]3(C)C4=CC[C@@H]5C(C)(C)[C@@H](O[C@@H]6OC[C@@H](O)[C@H](O)[C@H]6O)CC[C@@]56C[C@@]46[C@@H](O)C[C@]3(C)[C@@H]12. The molecule has 9 heteroatoms. The molecule has 1 aliphatic heterocycles. The lowest BCUT2D eigenvalue weighted by Crippen LogP contribution is -2.61. The van der Waals surface area contributed by atoms with Gasteiger partial charge in [0.05, 0.1) is 18.8 Å². The summed E-state index contributed by atoms with van der Waals surface area (Å²) in [6.07, 6.45) is -0.461. The van der Waals surface area contributed by atoms with Gasteiger partial charge in [0.15, 0.2) is 12.1 Å². The standard InChI is InChI=1S/C32H48O9/c1-15-10-16(33)25(38)32(39)13-29(5)19-7-6-18-27(2,3)21(41-26-23(37)22(36)17(34)12-40-26)8-9-30(18)14-31(19,30)20(35)11-28(29,4)24(15)32/h7,15,17-18,20-26,34-39H,6,8-14H2,1-5H3/t15-,17-,18-,20+,21+,22+,23-,24-,25+,26+,28-,29+,30-,31+,32-/m1/s1. The topological polar surface area (TPSA) is 157 Å². The van der Waals surface area contributed by atoms with Gasteiger partial charge in [0.1, 0.15) is 30.0 Å². The molecule has 0 aromatic rings. The van der Waals surface area contributed by atoms with E-state index in [9.17, 15) is 35.4 Å². The first kappa shape index (κ1) is 28.8. The summed E-state index contributed by atoms with van der Waals surface area (Å²) in [5.41, 5.74) is -2.07. The summed E-state index contributed by atoms with van der Waals surface area (Å²) in [7, 11) is 0. The fourth-order valence-corrected chi connectivity index (χ4v) is 12.3. The summed E-state index contributed by atoms with van der Waals surface area (Å²) in [6.45, 7) is 10.7. The first-order valence-electron chi connectivity index (χ1n) is 15.6. The van der Waals surface area contributed by atoms with E-state index < -0.39 is 58.7 Å². The molecule has 9 nitrogen and oxygen atoms in total. The molecule has 6 aliphatic carbocycles. The third kappa shape index (κ3) is 3.18. The normalized spacial score (nSPS) is 60.7. The van der Waals surface area contributed by atoms with E-state index in [0.717, 1.165) is 19.3 Å². The number of allylic oxidation sites excluding steroid dienone is 1. The second kappa shape index (κ2) is 8.42. The number of rotatable bonds is 2. The number of ether oxygens (including phenoxy) is 2. The van der Waals surface area contributed by atoms with Crippen LogP contribution in [0, 0.1) is 44.8 Å². The third-order valence-corrected chi connectivity index (χ3v) is 14.2. The number of carbonyl (C=O) groups excluding carboxylic acids is 1. The highest BCUT2D eigenvalue weighted by atomic mass is 16.7. The van der Waals surface area contributed by atoms with Crippen LogP contribution in [-0.2, 0) is 14.3 Å². The lowest BCUT2D eigenvalue weighted by Gasteiger charge is -2.61. The van der Waals surface area contributed by atoms with Gasteiger partial charge in [-0.05, 0) is 77.9 Å². The number of Topliss-reactive ketones (excluding diaryl/α,β-unsaturated/α-hetero) is 1. The predicted molar refractivity (Wildman–Crippen MR) is 146 cm³/mol. The van der Waals surface area contributed by atoms with Crippen molar-refractivity contribution in [1.82, 2.24) is 0 Å². The maximum absolute atomic E-state index is 12.7. The van der Waals surface area contributed by atoms with Crippen LogP contribution in [0.1, 0.15) is 79.6 Å². The monoisotopic (exact) mass is 576 g/mol. The number of aliphatic hydroxyl groups excluding tert-OH is 5. The molecule has 230 valence electrons. The van der Waals surface area contributed by atoms with Crippen LogP contribution in [0.15, 0.2) is 11.6 Å². The van der Waals surface area contributed by atoms with E-state index in [0.29, 0.717) is 19.3 Å². The van der Waals surface area contributed by atoms with Crippen molar-refractivity contribution in [2.75, 3.05) is 6.61 Å². The Morgan fingerprint density at radius 1 is 1.02 bits per heavy atom. The Morgan fingerprint density at radius 2 is 1.73 bits per heavy atom. The van der Waals surface area contributed by atoms with Gasteiger partial charge in [-0.25, -0.2) is 0 Å². The summed E-state index contributed by atoms with van der Waals surface area (Å²) in [6, 6.07) is 0. The lowest BCUT2D eigenvalue weighted by atomic mass is 9.44. The number of aliphatic hydroxyl groups is 6. The van der Waals surface area contributed by atoms with Crippen molar-refractivity contribution in [1.29, 1.82) is 0 Å². The number of hydrogen-bond donors (Lipinski definition) is 6. The molecular weight excluding hydrogens is 528 g/mol. The average Bonchev–Trinajstić information content (AvgIpc) is 3.53. The van der Waals surface area contributed by atoms with Crippen LogP contribution in [0.5, 0.6) is 0 Å². The molecule has 15 atom stereocenters. The van der Waals surface area contributed by atoms with E-state index >= 15 is 0 Å². The zero-order chi connectivity index (χ0) is 29.7. The van der Waals surface area contributed by atoms with Gasteiger partial charge in [-0.1, -0.05) is 46.3 Å². The molecule has 5 saturated carbocycles. The molecule has 6 fully saturated rings. The first-order chi connectivity index (χ1) is 19.0. The predicted octanol–water partition coefficient (Wildman–Crippen LogP) is 1.45. The fourth-order valence-electron chi connectivity index (χ4n) is 12.3. The van der Waals surface area contributed by atoms with Crippen LogP contribution < -0.4 is 0 Å². The third-order valence-electron chi connectivity index (χ3n) is 14.2. The van der Waals surface area contributed by atoms with Gasteiger partial charge < -0.3 is 40.1 Å². The Hall–Kier alpha value is -0.910. The highest BCUT2D eigenvalue weighted by Gasteiger charge is 2.85.